The van der Waals surface area contributed by atoms with E-state index in [1.807, 2.05) is 24.3 Å². The van der Waals surface area contributed by atoms with E-state index in [1.54, 1.807) is 97.1 Å². The van der Waals surface area contributed by atoms with E-state index < -0.39 is 38.9 Å². The van der Waals surface area contributed by atoms with Crippen molar-refractivity contribution in [3.05, 3.63) is 132 Å². The molecular weight excluding hydrogens is 663 g/mol. The molecule has 0 atom stereocenters. The Labute approximate surface area is 216 Å². The summed E-state index contributed by atoms with van der Waals surface area (Å²) in [7, 11) is -7.14. The van der Waals surface area contributed by atoms with Crippen molar-refractivity contribution >= 4 is 41.4 Å². The molecule has 6 nitrogen and oxygen atoms in total. The van der Waals surface area contributed by atoms with Gasteiger partial charge in [0.15, 0.2) is 0 Å². The molecule has 4 aromatic rings. The average molecular weight is 683 g/mol. The molecule has 4 aromatic carbocycles. The maximum absolute atomic E-state index is 14.7. The Bertz CT molecular complexity index is 1320. The average Bonchev–Trinajstić information content (AvgIpc) is 2.95. The summed E-state index contributed by atoms with van der Waals surface area (Å²) in [6.45, 7) is 0. The van der Waals surface area contributed by atoms with Gasteiger partial charge < -0.3 is 0 Å². The second kappa shape index (κ2) is 11.2. The Hall–Kier alpha value is -2.96. The summed E-state index contributed by atoms with van der Waals surface area (Å²) in [4.78, 5) is 7.08. The standard InChI is InChI=1S/2C13H10N2OP.Hg/c2*14-15-11-17(16,12-7-3-1-4-8-12)13-9-5-2-6-10-13;/h2*1-10H;. The third-order valence-corrected chi connectivity index (χ3v) is 28.2. The van der Waals surface area contributed by atoms with Crippen LogP contribution < -0.4 is 21.2 Å². The first-order valence-corrected chi connectivity index (χ1v) is 19.8. The zero-order valence-electron chi connectivity index (χ0n) is 18.8. The summed E-state index contributed by atoms with van der Waals surface area (Å²) in [5.41, 5.74) is 20.4. The molecule has 9 heteroatoms. The SMILES string of the molecule is [N-]=[N+]=[C]([Hg][C](=[N+]=[N-])P(=O)(c1ccccc1)c1ccccc1)P(=O)(c1ccccc1)c1ccccc1. The number of benzene rings is 4. The van der Waals surface area contributed by atoms with Crippen LogP contribution in [0, 0.1) is 0 Å². The molecule has 0 saturated carbocycles. The van der Waals surface area contributed by atoms with Gasteiger partial charge in [-0.15, -0.1) is 0 Å². The molecule has 0 aliphatic rings. The monoisotopic (exact) mass is 684 g/mol. The Morgan fingerprint density at radius 2 is 0.714 bits per heavy atom. The number of nitrogens with zero attached hydrogens (tertiary/aromatic N) is 4. The predicted molar refractivity (Wildman–Crippen MR) is 137 cm³/mol. The quantitative estimate of drug-likeness (QED) is 0.0911. The third-order valence-electron chi connectivity index (χ3n) is 5.75. The Kier molecular flexibility index (Phi) is 8.03. The molecule has 0 bridgehead atoms. The summed E-state index contributed by atoms with van der Waals surface area (Å²) < 4.78 is 29.7. The zero-order valence-corrected chi connectivity index (χ0v) is 26.0. The number of hydrogen-bond acceptors (Lipinski definition) is 2. The summed E-state index contributed by atoms with van der Waals surface area (Å²) in [6.07, 6.45) is 0. The maximum atomic E-state index is 14.7. The van der Waals surface area contributed by atoms with E-state index in [9.17, 15) is 20.2 Å². The van der Waals surface area contributed by atoms with Gasteiger partial charge in [-0.3, -0.25) is 0 Å². The molecule has 168 valence electrons. The van der Waals surface area contributed by atoms with E-state index >= 15 is 0 Å². The van der Waals surface area contributed by atoms with Crippen LogP contribution in [0.2, 0.25) is 0 Å². The van der Waals surface area contributed by atoms with Crippen molar-refractivity contribution in [2.75, 3.05) is 0 Å². The van der Waals surface area contributed by atoms with Crippen LogP contribution in [0.3, 0.4) is 0 Å². The van der Waals surface area contributed by atoms with Crippen molar-refractivity contribution in [2.24, 2.45) is 0 Å². The zero-order chi connectivity index (χ0) is 24.7. The van der Waals surface area contributed by atoms with E-state index in [1.165, 1.54) is 0 Å². The topological polar surface area (TPSA) is 107 Å². The van der Waals surface area contributed by atoms with Crippen molar-refractivity contribution < 1.29 is 43.3 Å². The van der Waals surface area contributed by atoms with Gasteiger partial charge >= 0.3 is 217 Å². The minimum absolute atomic E-state index is 0.0924. The van der Waals surface area contributed by atoms with E-state index in [2.05, 4.69) is 9.58 Å². The number of rotatable bonds is 8. The summed E-state index contributed by atoms with van der Waals surface area (Å²) >= 11 is -3.09. The van der Waals surface area contributed by atoms with Gasteiger partial charge in [0.1, 0.15) is 0 Å². The number of hydrogen-bond donors (Lipinski definition) is 0. The molecule has 0 spiro atoms. The van der Waals surface area contributed by atoms with Crippen molar-refractivity contribution in [2.45, 2.75) is 0 Å². The van der Waals surface area contributed by atoms with E-state index in [0.29, 0.717) is 21.2 Å². The van der Waals surface area contributed by atoms with Crippen LogP contribution in [0.15, 0.2) is 121 Å². The van der Waals surface area contributed by atoms with Gasteiger partial charge in [-0.1, -0.05) is 0 Å². The molecule has 0 aromatic heterocycles. The molecule has 0 saturated heterocycles. The van der Waals surface area contributed by atoms with E-state index in [0.717, 1.165) is 0 Å². The molecular formula is C26H20HgN4O2P2. The molecule has 0 unspecified atom stereocenters. The van der Waals surface area contributed by atoms with Crippen molar-refractivity contribution in [1.82, 2.24) is 0 Å². The van der Waals surface area contributed by atoms with Gasteiger partial charge in [-0.05, 0) is 0 Å². The Balaban J connectivity index is 1.90. The van der Waals surface area contributed by atoms with E-state index in [4.69, 9.17) is 0 Å². The van der Waals surface area contributed by atoms with E-state index in [-0.39, 0.29) is 5.92 Å². The van der Waals surface area contributed by atoms with Crippen LogP contribution in [-0.4, -0.2) is 15.5 Å². The summed E-state index contributed by atoms with van der Waals surface area (Å²) in [5.74, 6) is 0. The van der Waals surface area contributed by atoms with Crippen LogP contribution in [0.5, 0.6) is 0 Å². The fourth-order valence-corrected chi connectivity index (χ4v) is 27.9. The molecule has 0 heterocycles. The Morgan fingerprint density at radius 1 is 0.486 bits per heavy atom. The van der Waals surface area contributed by atoms with Crippen LogP contribution in [-0.2, 0) is 33.7 Å². The van der Waals surface area contributed by atoms with Crippen molar-refractivity contribution in [3.8, 4) is 0 Å². The second-order valence-corrected chi connectivity index (χ2v) is 24.5. The van der Waals surface area contributed by atoms with Crippen LogP contribution in [0.25, 0.3) is 11.1 Å². The third kappa shape index (κ3) is 4.90. The fourth-order valence-electron chi connectivity index (χ4n) is 4.01. The molecule has 4 rings (SSSR count). The molecule has 0 amide bonds. The molecule has 0 radical (unpaired) electrons. The van der Waals surface area contributed by atoms with Gasteiger partial charge in [0.2, 0.25) is 0 Å². The van der Waals surface area contributed by atoms with Gasteiger partial charge in [0, 0.05) is 0 Å². The van der Waals surface area contributed by atoms with Gasteiger partial charge in [-0.25, -0.2) is 0 Å². The van der Waals surface area contributed by atoms with Crippen molar-refractivity contribution in [3.63, 3.8) is 0 Å². The van der Waals surface area contributed by atoms with Gasteiger partial charge in [0.25, 0.3) is 0 Å². The molecule has 0 aliphatic heterocycles. The second-order valence-electron chi connectivity index (χ2n) is 7.77. The van der Waals surface area contributed by atoms with Crippen LogP contribution in [0.4, 0.5) is 0 Å². The molecule has 0 N–H and O–H groups in total. The van der Waals surface area contributed by atoms with Gasteiger partial charge in [-0.2, -0.15) is 0 Å². The first-order valence-electron chi connectivity index (χ1n) is 10.9. The summed E-state index contributed by atoms with van der Waals surface area (Å²) in [6, 6.07) is 35.3. The Morgan fingerprint density at radius 3 is 0.914 bits per heavy atom. The van der Waals surface area contributed by atoms with Crippen LogP contribution >= 0.6 is 14.3 Å². The predicted octanol–water partition coefficient (Wildman–Crippen LogP) is 4.27. The first-order chi connectivity index (χ1) is 17.0. The van der Waals surface area contributed by atoms with Crippen LogP contribution in [0.1, 0.15) is 0 Å². The molecule has 0 aliphatic carbocycles. The minimum atomic E-state index is -3.57. The molecule has 35 heavy (non-hydrogen) atoms. The van der Waals surface area contributed by atoms with Crippen molar-refractivity contribution in [1.29, 1.82) is 0 Å². The van der Waals surface area contributed by atoms with Gasteiger partial charge in [0.05, 0.1) is 0 Å². The normalized spacial score (nSPS) is 11.0. The summed E-state index contributed by atoms with van der Waals surface area (Å²) in [5, 5.41) is 2.02. The fraction of sp³-hybridized carbons (Fsp3) is 0. The first kappa shape index (κ1) is 25.1. The molecule has 0 fully saturated rings.